The fourth-order valence-electron chi connectivity index (χ4n) is 3.56. The van der Waals surface area contributed by atoms with Crippen molar-refractivity contribution in [2.24, 2.45) is 5.92 Å². The van der Waals surface area contributed by atoms with Crippen LogP contribution < -0.4 is 0 Å². The third kappa shape index (κ3) is 3.54. The average Bonchev–Trinajstić information content (AvgIpc) is 2.83. The van der Waals surface area contributed by atoms with E-state index in [4.69, 9.17) is 9.57 Å². The van der Waals surface area contributed by atoms with Gasteiger partial charge in [-0.2, -0.15) is 0 Å². The summed E-state index contributed by atoms with van der Waals surface area (Å²) in [7, 11) is 3.04. The SMILES string of the molecule is CON(C)C(=O)[C@H]1CC2CCCCC2N1C(=O)OC(C)(C)C. The van der Waals surface area contributed by atoms with E-state index in [0.717, 1.165) is 19.3 Å². The van der Waals surface area contributed by atoms with E-state index in [1.165, 1.54) is 18.6 Å². The van der Waals surface area contributed by atoms with Crippen molar-refractivity contribution in [3.63, 3.8) is 0 Å². The second-order valence-corrected chi connectivity index (χ2v) is 7.27. The smallest absolute Gasteiger partial charge is 0.411 e. The lowest BCUT2D eigenvalue weighted by atomic mass is 9.85. The Bertz CT molecular complexity index is 432. The molecule has 0 N–H and O–H groups in total. The Morgan fingerprint density at radius 2 is 1.82 bits per heavy atom. The summed E-state index contributed by atoms with van der Waals surface area (Å²) in [4.78, 5) is 31.9. The molecule has 22 heavy (non-hydrogen) atoms. The molecule has 1 saturated heterocycles. The average molecular weight is 312 g/mol. The highest BCUT2D eigenvalue weighted by Gasteiger charge is 2.49. The fraction of sp³-hybridized carbons (Fsp3) is 0.875. The Kier molecular flexibility index (Phi) is 5.00. The minimum absolute atomic E-state index is 0.114. The van der Waals surface area contributed by atoms with Gasteiger partial charge in [0, 0.05) is 13.1 Å². The van der Waals surface area contributed by atoms with Crippen molar-refractivity contribution in [1.82, 2.24) is 9.96 Å². The summed E-state index contributed by atoms with van der Waals surface area (Å²) in [5.74, 6) is 0.211. The van der Waals surface area contributed by atoms with Crippen molar-refractivity contribution < 1.29 is 19.2 Å². The lowest BCUT2D eigenvalue weighted by Crippen LogP contribution is -2.51. The highest BCUT2D eigenvalue weighted by Crippen LogP contribution is 2.40. The molecule has 0 aromatic heterocycles. The molecule has 0 bridgehead atoms. The van der Waals surface area contributed by atoms with Crippen LogP contribution in [0.1, 0.15) is 52.9 Å². The van der Waals surface area contributed by atoms with E-state index in [2.05, 4.69) is 0 Å². The molecule has 3 atom stereocenters. The molecular formula is C16H28N2O4. The number of hydrogen-bond donors (Lipinski definition) is 0. The lowest BCUT2D eigenvalue weighted by molar-refractivity contribution is -0.173. The molecule has 1 heterocycles. The monoisotopic (exact) mass is 312 g/mol. The van der Waals surface area contributed by atoms with Gasteiger partial charge in [-0.05, 0) is 46.0 Å². The van der Waals surface area contributed by atoms with Crippen molar-refractivity contribution in [3.05, 3.63) is 0 Å². The first-order valence-corrected chi connectivity index (χ1v) is 8.07. The van der Waals surface area contributed by atoms with Gasteiger partial charge in [-0.15, -0.1) is 0 Å². The summed E-state index contributed by atoms with van der Waals surface area (Å²) in [5.41, 5.74) is -0.565. The van der Waals surface area contributed by atoms with Crippen LogP contribution in [0.5, 0.6) is 0 Å². The quantitative estimate of drug-likeness (QED) is 0.735. The topological polar surface area (TPSA) is 59.1 Å². The Labute approximate surface area is 132 Å². The van der Waals surface area contributed by atoms with Gasteiger partial charge in [-0.1, -0.05) is 12.8 Å². The number of nitrogens with zero attached hydrogens (tertiary/aromatic N) is 2. The number of carbonyl (C=O) groups is 2. The number of likely N-dealkylation sites (N-methyl/N-ethyl adjacent to an activating group) is 1. The number of amides is 2. The summed E-state index contributed by atoms with van der Waals surface area (Å²) >= 11 is 0. The maximum atomic E-state index is 12.6. The largest absolute Gasteiger partial charge is 0.444 e. The minimum Gasteiger partial charge on any atom is -0.444 e. The molecule has 2 aliphatic rings. The predicted octanol–water partition coefficient (Wildman–Crippen LogP) is 2.57. The minimum atomic E-state index is -0.565. The number of likely N-dealkylation sites (tertiary alicyclic amines) is 1. The summed E-state index contributed by atoms with van der Waals surface area (Å²) in [5, 5.41) is 1.21. The molecule has 2 rings (SSSR count). The van der Waals surface area contributed by atoms with E-state index < -0.39 is 11.6 Å². The van der Waals surface area contributed by atoms with Crippen molar-refractivity contribution in [2.45, 2.75) is 70.6 Å². The summed E-state index contributed by atoms with van der Waals surface area (Å²) in [6, 6.07) is -0.365. The van der Waals surface area contributed by atoms with Gasteiger partial charge >= 0.3 is 6.09 Å². The summed E-state index contributed by atoms with van der Waals surface area (Å²) in [6.07, 6.45) is 4.61. The van der Waals surface area contributed by atoms with Gasteiger partial charge in [0.25, 0.3) is 5.91 Å². The number of carbonyl (C=O) groups excluding carboxylic acids is 2. The van der Waals surface area contributed by atoms with Crippen molar-refractivity contribution in [3.8, 4) is 0 Å². The molecule has 0 spiro atoms. The van der Waals surface area contributed by atoms with Crippen LogP contribution in [0.2, 0.25) is 0 Å². The first kappa shape index (κ1) is 17.1. The third-order valence-electron chi connectivity index (χ3n) is 4.56. The second-order valence-electron chi connectivity index (χ2n) is 7.27. The molecule has 6 heteroatoms. The number of hydroxylamine groups is 2. The van der Waals surface area contributed by atoms with Crippen LogP contribution in [0.25, 0.3) is 0 Å². The molecule has 1 aliphatic heterocycles. The Morgan fingerprint density at radius 3 is 2.41 bits per heavy atom. The van der Waals surface area contributed by atoms with Crippen LogP contribution in [-0.2, 0) is 14.4 Å². The van der Waals surface area contributed by atoms with E-state index >= 15 is 0 Å². The Morgan fingerprint density at radius 1 is 1.18 bits per heavy atom. The maximum absolute atomic E-state index is 12.6. The molecule has 2 fully saturated rings. The second kappa shape index (κ2) is 6.44. The van der Waals surface area contributed by atoms with Crippen LogP contribution in [0.15, 0.2) is 0 Å². The van der Waals surface area contributed by atoms with Crippen molar-refractivity contribution in [1.29, 1.82) is 0 Å². The zero-order chi connectivity index (χ0) is 16.5. The predicted molar refractivity (Wildman–Crippen MR) is 82.0 cm³/mol. The van der Waals surface area contributed by atoms with Crippen molar-refractivity contribution >= 4 is 12.0 Å². The zero-order valence-corrected chi connectivity index (χ0v) is 14.3. The normalized spacial score (nSPS) is 28.2. The molecule has 1 saturated carbocycles. The number of fused-ring (bicyclic) bond motifs is 1. The van der Waals surface area contributed by atoms with Gasteiger partial charge in [0.05, 0.1) is 7.11 Å². The molecular weight excluding hydrogens is 284 g/mol. The summed E-state index contributed by atoms with van der Waals surface area (Å²) < 4.78 is 5.54. The van der Waals surface area contributed by atoms with Crippen LogP contribution in [0, 0.1) is 5.92 Å². The first-order chi connectivity index (χ1) is 10.2. The maximum Gasteiger partial charge on any atom is 0.411 e. The van der Waals surface area contributed by atoms with Crippen LogP contribution in [0.3, 0.4) is 0 Å². The number of hydrogen-bond acceptors (Lipinski definition) is 4. The molecule has 0 radical (unpaired) electrons. The molecule has 2 unspecified atom stereocenters. The molecule has 0 aromatic rings. The Hall–Kier alpha value is -1.30. The van der Waals surface area contributed by atoms with E-state index in [-0.39, 0.29) is 18.0 Å². The third-order valence-corrected chi connectivity index (χ3v) is 4.56. The van der Waals surface area contributed by atoms with Gasteiger partial charge in [-0.3, -0.25) is 14.5 Å². The Balaban J connectivity index is 2.22. The highest BCUT2D eigenvalue weighted by atomic mass is 16.7. The van der Waals surface area contributed by atoms with Crippen LogP contribution >= 0.6 is 0 Å². The number of ether oxygens (including phenoxy) is 1. The number of rotatable bonds is 2. The van der Waals surface area contributed by atoms with Crippen molar-refractivity contribution in [2.75, 3.05) is 14.2 Å². The molecule has 2 amide bonds. The van der Waals surface area contributed by atoms with Gasteiger partial charge in [0.1, 0.15) is 11.6 Å². The van der Waals surface area contributed by atoms with Gasteiger partial charge in [0.2, 0.25) is 0 Å². The van der Waals surface area contributed by atoms with Gasteiger partial charge in [0.15, 0.2) is 0 Å². The van der Waals surface area contributed by atoms with Gasteiger partial charge in [-0.25, -0.2) is 9.86 Å². The van der Waals surface area contributed by atoms with E-state index in [9.17, 15) is 9.59 Å². The molecule has 1 aliphatic carbocycles. The first-order valence-electron chi connectivity index (χ1n) is 8.07. The highest BCUT2D eigenvalue weighted by molar-refractivity contribution is 5.86. The van der Waals surface area contributed by atoms with Crippen LogP contribution in [-0.4, -0.2) is 53.8 Å². The summed E-state index contributed by atoms with van der Waals surface area (Å²) in [6.45, 7) is 5.53. The molecule has 126 valence electrons. The zero-order valence-electron chi connectivity index (χ0n) is 14.3. The van der Waals surface area contributed by atoms with E-state index in [1.807, 2.05) is 20.8 Å². The lowest BCUT2D eigenvalue weighted by Gasteiger charge is -2.35. The van der Waals surface area contributed by atoms with E-state index in [0.29, 0.717) is 12.3 Å². The fourth-order valence-corrected chi connectivity index (χ4v) is 3.56. The van der Waals surface area contributed by atoms with E-state index in [1.54, 1.807) is 11.9 Å². The molecule has 0 aromatic carbocycles. The van der Waals surface area contributed by atoms with Crippen LogP contribution in [0.4, 0.5) is 4.79 Å². The van der Waals surface area contributed by atoms with Gasteiger partial charge < -0.3 is 4.74 Å². The standard InChI is InChI=1S/C16H28N2O4/c1-16(2,3)22-15(20)18-12-9-7-6-8-11(12)10-13(18)14(19)17(4)21-5/h11-13H,6-10H2,1-5H3/t11?,12?,13-/m1/s1. The molecule has 6 nitrogen and oxygen atoms in total.